The summed E-state index contributed by atoms with van der Waals surface area (Å²) in [5.41, 5.74) is 1.60. The summed E-state index contributed by atoms with van der Waals surface area (Å²) in [6.45, 7) is 9.40. The molecule has 0 saturated carbocycles. The van der Waals surface area contributed by atoms with Crippen molar-refractivity contribution in [3.8, 4) is 0 Å². The summed E-state index contributed by atoms with van der Waals surface area (Å²) in [5, 5.41) is 5.93. The fourth-order valence-corrected chi connectivity index (χ4v) is 4.31. The van der Waals surface area contributed by atoms with Gasteiger partial charge in [0.2, 0.25) is 0 Å². The highest BCUT2D eigenvalue weighted by atomic mass is 16.7. The number of hydroxylamine groups is 2. The third-order valence-electron chi connectivity index (χ3n) is 6.26. The standard InChI is InChI=1S/C29H35N5O3/c1-29(2,3)34(28(36)33-18-16-32(17-19-33)21-23-10-5-4-6-11-23)37-27(35)31-22-30-20-25-14-9-13-24-12-7-8-15-26(24)25/h4-15,22H,16-21H2,1-3H3,(H,30,31,35). The van der Waals surface area contributed by atoms with Gasteiger partial charge in [-0.05, 0) is 42.7 Å². The van der Waals surface area contributed by atoms with Gasteiger partial charge in [0.1, 0.15) is 0 Å². The molecule has 4 rings (SSSR count). The number of urea groups is 1. The predicted octanol–water partition coefficient (Wildman–Crippen LogP) is 5.05. The molecular weight excluding hydrogens is 466 g/mol. The summed E-state index contributed by atoms with van der Waals surface area (Å²) in [6.07, 6.45) is 0.560. The maximum absolute atomic E-state index is 13.3. The number of amides is 3. The van der Waals surface area contributed by atoms with Gasteiger partial charge in [0.25, 0.3) is 0 Å². The van der Waals surface area contributed by atoms with Gasteiger partial charge in [0.05, 0.1) is 18.4 Å². The fraction of sp³-hybridized carbons (Fsp3) is 0.345. The van der Waals surface area contributed by atoms with Crippen molar-refractivity contribution in [2.75, 3.05) is 26.2 Å². The van der Waals surface area contributed by atoms with Crippen molar-refractivity contribution >= 4 is 29.2 Å². The van der Waals surface area contributed by atoms with E-state index in [9.17, 15) is 9.59 Å². The van der Waals surface area contributed by atoms with E-state index in [2.05, 4.69) is 45.5 Å². The molecule has 1 heterocycles. The lowest BCUT2D eigenvalue weighted by molar-refractivity contribution is -0.123. The van der Waals surface area contributed by atoms with Crippen LogP contribution in [0.3, 0.4) is 0 Å². The first-order valence-corrected chi connectivity index (χ1v) is 12.6. The molecule has 1 N–H and O–H groups in total. The lowest BCUT2D eigenvalue weighted by Crippen LogP contribution is -2.57. The molecule has 1 aliphatic rings. The van der Waals surface area contributed by atoms with Gasteiger partial charge >= 0.3 is 12.1 Å². The Hall–Kier alpha value is -3.91. The molecule has 0 bridgehead atoms. The molecule has 0 radical (unpaired) electrons. The van der Waals surface area contributed by atoms with Crippen LogP contribution in [-0.2, 0) is 17.9 Å². The number of fused-ring (bicyclic) bond motifs is 1. The van der Waals surface area contributed by atoms with Crippen LogP contribution in [-0.4, -0.2) is 65.0 Å². The van der Waals surface area contributed by atoms with Gasteiger partial charge in [0.15, 0.2) is 0 Å². The highest BCUT2D eigenvalue weighted by molar-refractivity contribution is 5.86. The molecule has 1 saturated heterocycles. The SMILES string of the molecule is CC(C)(C)N(OC(=O)NC=NCc1cccc2ccccc12)C(=O)N1CCN(Cc2ccccc2)CC1. The third-order valence-corrected chi connectivity index (χ3v) is 6.26. The highest BCUT2D eigenvalue weighted by Crippen LogP contribution is 2.20. The summed E-state index contributed by atoms with van der Waals surface area (Å²) >= 11 is 0. The number of benzene rings is 3. The van der Waals surface area contributed by atoms with Crippen molar-refractivity contribution in [2.24, 2.45) is 4.99 Å². The third kappa shape index (κ3) is 7.07. The first-order chi connectivity index (χ1) is 17.8. The number of piperazine rings is 1. The second-order valence-corrected chi connectivity index (χ2v) is 10.1. The minimum absolute atomic E-state index is 0.324. The van der Waals surface area contributed by atoms with E-state index in [0.717, 1.165) is 41.0 Å². The number of nitrogens with zero attached hydrogens (tertiary/aromatic N) is 4. The summed E-state index contributed by atoms with van der Waals surface area (Å²) in [7, 11) is 0. The molecule has 37 heavy (non-hydrogen) atoms. The first kappa shape index (κ1) is 26.2. The molecule has 0 aromatic heterocycles. The Morgan fingerprint density at radius 1 is 0.946 bits per heavy atom. The minimum Gasteiger partial charge on any atom is -0.320 e. The van der Waals surface area contributed by atoms with E-state index in [1.54, 1.807) is 4.90 Å². The van der Waals surface area contributed by atoms with Crippen LogP contribution in [0, 0.1) is 0 Å². The number of hydrogen-bond acceptors (Lipinski definition) is 5. The normalized spacial score (nSPS) is 14.6. The van der Waals surface area contributed by atoms with Crippen molar-refractivity contribution in [3.05, 3.63) is 83.9 Å². The molecule has 0 aliphatic carbocycles. The molecule has 3 aromatic rings. The van der Waals surface area contributed by atoms with Crippen molar-refractivity contribution < 1.29 is 14.4 Å². The summed E-state index contributed by atoms with van der Waals surface area (Å²) < 4.78 is 0. The molecule has 0 atom stereocenters. The Morgan fingerprint density at radius 2 is 1.62 bits per heavy atom. The maximum atomic E-state index is 13.3. The van der Waals surface area contributed by atoms with Crippen LogP contribution in [0.5, 0.6) is 0 Å². The van der Waals surface area contributed by atoms with Crippen LogP contribution in [0.4, 0.5) is 9.59 Å². The molecule has 1 fully saturated rings. The minimum atomic E-state index is -0.757. The lowest BCUT2D eigenvalue weighted by Gasteiger charge is -2.40. The van der Waals surface area contributed by atoms with Gasteiger partial charge in [-0.3, -0.25) is 15.2 Å². The lowest BCUT2D eigenvalue weighted by atomic mass is 10.1. The number of rotatable bonds is 5. The van der Waals surface area contributed by atoms with Crippen molar-refractivity contribution in [1.82, 2.24) is 20.2 Å². The number of carbonyl (C=O) groups is 2. The molecule has 3 amide bonds. The Bertz CT molecular complexity index is 1230. The first-order valence-electron chi connectivity index (χ1n) is 12.6. The Kier molecular flexibility index (Phi) is 8.40. The van der Waals surface area contributed by atoms with E-state index >= 15 is 0 Å². The van der Waals surface area contributed by atoms with Crippen LogP contribution in [0.15, 0.2) is 77.8 Å². The van der Waals surface area contributed by atoms with E-state index in [0.29, 0.717) is 19.6 Å². The zero-order valence-corrected chi connectivity index (χ0v) is 21.8. The zero-order chi connectivity index (χ0) is 26.3. The van der Waals surface area contributed by atoms with Gasteiger partial charge < -0.3 is 9.74 Å². The highest BCUT2D eigenvalue weighted by Gasteiger charge is 2.35. The van der Waals surface area contributed by atoms with E-state index in [1.165, 1.54) is 11.9 Å². The van der Waals surface area contributed by atoms with Crippen molar-refractivity contribution in [1.29, 1.82) is 0 Å². The van der Waals surface area contributed by atoms with E-state index in [-0.39, 0.29) is 6.03 Å². The van der Waals surface area contributed by atoms with Crippen LogP contribution in [0.1, 0.15) is 31.9 Å². The molecule has 8 nitrogen and oxygen atoms in total. The van der Waals surface area contributed by atoms with Crippen LogP contribution in [0.2, 0.25) is 0 Å². The summed E-state index contributed by atoms with van der Waals surface area (Å²) in [5.74, 6) is 0. The van der Waals surface area contributed by atoms with Gasteiger partial charge in [-0.25, -0.2) is 9.59 Å². The maximum Gasteiger partial charge on any atom is 0.436 e. The molecule has 8 heteroatoms. The van der Waals surface area contributed by atoms with Gasteiger partial charge in [-0.1, -0.05) is 72.8 Å². The van der Waals surface area contributed by atoms with E-state index in [4.69, 9.17) is 4.84 Å². The van der Waals surface area contributed by atoms with E-state index in [1.807, 2.05) is 63.2 Å². The number of nitrogens with one attached hydrogen (secondary N) is 1. The van der Waals surface area contributed by atoms with Gasteiger partial charge in [0, 0.05) is 32.7 Å². The fourth-order valence-electron chi connectivity index (χ4n) is 4.31. The molecule has 1 aliphatic heterocycles. The van der Waals surface area contributed by atoms with Crippen molar-refractivity contribution in [3.63, 3.8) is 0 Å². The van der Waals surface area contributed by atoms with Crippen molar-refractivity contribution in [2.45, 2.75) is 39.4 Å². The topological polar surface area (TPSA) is 77.5 Å². The Balaban J connectivity index is 1.29. The molecular formula is C29H35N5O3. The van der Waals surface area contributed by atoms with Crippen LogP contribution < -0.4 is 5.32 Å². The Labute approximate surface area is 218 Å². The smallest absolute Gasteiger partial charge is 0.320 e. The average molecular weight is 502 g/mol. The van der Waals surface area contributed by atoms with E-state index < -0.39 is 11.6 Å². The largest absolute Gasteiger partial charge is 0.436 e. The predicted molar refractivity (Wildman–Crippen MR) is 146 cm³/mol. The Morgan fingerprint density at radius 3 is 2.35 bits per heavy atom. The summed E-state index contributed by atoms with van der Waals surface area (Å²) in [6, 6.07) is 24.1. The second kappa shape index (κ2) is 11.9. The second-order valence-electron chi connectivity index (χ2n) is 10.1. The zero-order valence-electron chi connectivity index (χ0n) is 21.8. The van der Waals surface area contributed by atoms with Crippen LogP contribution >= 0.6 is 0 Å². The molecule has 3 aromatic carbocycles. The molecule has 194 valence electrons. The van der Waals surface area contributed by atoms with Gasteiger partial charge in [-0.15, -0.1) is 5.06 Å². The number of carbonyl (C=O) groups excluding carboxylic acids is 2. The molecule has 0 spiro atoms. The van der Waals surface area contributed by atoms with Crippen LogP contribution in [0.25, 0.3) is 10.8 Å². The van der Waals surface area contributed by atoms with Gasteiger partial charge in [-0.2, -0.15) is 0 Å². The quantitative estimate of drug-likeness (QED) is 0.302. The number of aliphatic imine (C=N–C) groups is 1. The average Bonchev–Trinajstić information content (AvgIpc) is 2.90. The molecule has 0 unspecified atom stereocenters. The number of hydrogen-bond donors (Lipinski definition) is 1. The summed E-state index contributed by atoms with van der Waals surface area (Å²) in [4.78, 5) is 39.6. The monoisotopic (exact) mass is 501 g/mol.